The van der Waals surface area contributed by atoms with Gasteiger partial charge in [0.15, 0.2) is 0 Å². The molecule has 0 amide bonds. The number of esters is 2. The van der Waals surface area contributed by atoms with E-state index in [0.717, 1.165) is 0 Å². The van der Waals surface area contributed by atoms with Gasteiger partial charge in [-0.3, -0.25) is 9.59 Å². The van der Waals surface area contributed by atoms with Crippen LogP contribution in [0.5, 0.6) is 0 Å². The number of benzene rings is 2. The summed E-state index contributed by atoms with van der Waals surface area (Å²) in [4.78, 5) is 22.8. The average Bonchev–Trinajstić information content (AvgIpc) is 2.82. The van der Waals surface area contributed by atoms with Crippen LogP contribution in [0.3, 0.4) is 0 Å². The standard InChI is InChI=1S/C28H40O6Si/c1-7-26(34-23(3)30)27(21-32-22(2)29)31-19-14-20-33-35(28(4,5)6,24-15-10-8-11-16-24)25-17-12-9-13-18-25/h8-13,15-18,26-27H,7,14,19-21H2,1-6H3/t26-,27+/m1/s1. The molecule has 2 aromatic carbocycles. The SMILES string of the molecule is CC[C@@H](OC(C)=O)[C@H](COC(C)=O)OCCCO[Si](c1ccccc1)(c1ccccc1)C(C)(C)C. The third kappa shape index (κ3) is 8.02. The van der Waals surface area contributed by atoms with Crippen molar-refractivity contribution < 1.29 is 28.2 Å². The Labute approximate surface area is 211 Å². The highest BCUT2D eigenvalue weighted by Gasteiger charge is 2.49. The Balaban J connectivity index is 2.15. The second-order valence-electron chi connectivity index (χ2n) is 9.63. The summed E-state index contributed by atoms with van der Waals surface area (Å²) >= 11 is 0. The van der Waals surface area contributed by atoms with Crippen LogP contribution in [0.2, 0.25) is 5.04 Å². The molecule has 7 heteroatoms. The Bertz CT molecular complexity index is 871. The van der Waals surface area contributed by atoms with E-state index in [9.17, 15) is 9.59 Å². The highest BCUT2D eigenvalue weighted by atomic mass is 28.4. The molecule has 0 spiro atoms. The second kappa shape index (κ2) is 13.6. The summed E-state index contributed by atoms with van der Waals surface area (Å²) < 4.78 is 23.5. The first kappa shape index (κ1) is 28.8. The molecule has 0 saturated heterocycles. The lowest BCUT2D eigenvalue weighted by atomic mass is 10.1. The van der Waals surface area contributed by atoms with Crippen molar-refractivity contribution in [1.82, 2.24) is 0 Å². The van der Waals surface area contributed by atoms with Crippen molar-refractivity contribution in [3.05, 3.63) is 60.7 Å². The second-order valence-corrected chi connectivity index (χ2v) is 13.9. The van der Waals surface area contributed by atoms with Crippen molar-refractivity contribution in [2.45, 2.75) is 71.6 Å². The van der Waals surface area contributed by atoms with Crippen molar-refractivity contribution >= 4 is 30.6 Å². The minimum atomic E-state index is -2.60. The lowest BCUT2D eigenvalue weighted by Crippen LogP contribution is -2.66. The maximum atomic E-state index is 11.5. The quantitative estimate of drug-likeness (QED) is 0.233. The van der Waals surface area contributed by atoms with E-state index in [1.54, 1.807) is 0 Å². The molecular formula is C28H40O6Si. The summed E-state index contributed by atoms with van der Waals surface area (Å²) in [7, 11) is -2.60. The van der Waals surface area contributed by atoms with E-state index in [1.165, 1.54) is 24.2 Å². The molecule has 0 fully saturated rings. The Morgan fingerprint density at radius 2 is 1.37 bits per heavy atom. The van der Waals surface area contributed by atoms with Crippen molar-refractivity contribution in [3.63, 3.8) is 0 Å². The van der Waals surface area contributed by atoms with Gasteiger partial charge in [-0.1, -0.05) is 88.4 Å². The van der Waals surface area contributed by atoms with Gasteiger partial charge in [-0.2, -0.15) is 0 Å². The normalized spacial score (nSPS) is 13.7. The summed E-state index contributed by atoms with van der Waals surface area (Å²) in [5, 5.41) is 2.36. The van der Waals surface area contributed by atoms with Crippen molar-refractivity contribution in [2.75, 3.05) is 19.8 Å². The third-order valence-electron chi connectivity index (χ3n) is 5.94. The number of carbonyl (C=O) groups is 2. The lowest BCUT2D eigenvalue weighted by Gasteiger charge is -2.43. The fraction of sp³-hybridized carbons (Fsp3) is 0.500. The van der Waals surface area contributed by atoms with Gasteiger partial charge < -0.3 is 18.6 Å². The van der Waals surface area contributed by atoms with E-state index in [2.05, 4.69) is 69.3 Å². The molecule has 2 rings (SSSR count). The summed E-state index contributed by atoms with van der Waals surface area (Å²) in [6, 6.07) is 21.0. The van der Waals surface area contributed by atoms with Crippen LogP contribution < -0.4 is 10.4 Å². The van der Waals surface area contributed by atoms with Crippen LogP contribution in [0.25, 0.3) is 0 Å². The van der Waals surface area contributed by atoms with Gasteiger partial charge in [0.2, 0.25) is 0 Å². The van der Waals surface area contributed by atoms with Crippen molar-refractivity contribution in [1.29, 1.82) is 0 Å². The number of hydrogen-bond acceptors (Lipinski definition) is 6. The molecule has 0 unspecified atom stereocenters. The highest BCUT2D eigenvalue weighted by Crippen LogP contribution is 2.36. The van der Waals surface area contributed by atoms with Gasteiger partial charge >= 0.3 is 11.9 Å². The predicted octanol–water partition coefficient (Wildman–Crippen LogP) is 4.24. The minimum Gasteiger partial charge on any atom is -0.463 e. The number of rotatable bonds is 13. The molecule has 35 heavy (non-hydrogen) atoms. The molecular weight excluding hydrogens is 460 g/mol. The minimum absolute atomic E-state index is 0.0384. The lowest BCUT2D eigenvalue weighted by molar-refractivity contribution is -0.163. The molecule has 0 saturated carbocycles. The van der Waals surface area contributed by atoms with Crippen molar-refractivity contribution in [3.8, 4) is 0 Å². The zero-order valence-corrected chi connectivity index (χ0v) is 22.9. The van der Waals surface area contributed by atoms with E-state index in [0.29, 0.717) is 26.1 Å². The van der Waals surface area contributed by atoms with Gasteiger partial charge in [-0.15, -0.1) is 0 Å². The molecule has 2 atom stereocenters. The first-order chi connectivity index (χ1) is 16.6. The van der Waals surface area contributed by atoms with E-state index in [4.69, 9.17) is 18.6 Å². The summed E-state index contributed by atoms with van der Waals surface area (Å²) in [6.07, 6.45) is 0.201. The van der Waals surface area contributed by atoms with Crippen molar-refractivity contribution in [2.24, 2.45) is 0 Å². The zero-order valence-electron chi connectivity index (χ0n) is 21.9. The third-order valence-corrected chi connectivity index (χ3v) is 11.0. The van der Waals surface area contributed by atoms with Crippen LogP contribution in [0.1, 0.15) is 54.4 Å². The number of ether oxygens (including phenoxy) is 3. The van der Waals surface area contributed by atoms with Crippen LogP contribution in [0.15, 0.2) is 60.7 Å². The van der Waals surface area contributed by atoms with E-state index in [-0.39, 0.29) is 17.6 Å². The summed E-state index contributed by atoms with van der Waals surface area (Å²) in [6.45, 7) is 12.3. The monoisotopic (exact) mass is 500 g/mol. The summed E-state index contributed by atoms with van der Waals surface area (Å²) in [5.41, 5.74) is 0. The average molecular weight is 501 g/mol. The molecule has 0 radical (unpaired) electrons. The predicted molar refractivity (Wildman–Crippen MR) is 140 cm³/mol. The zero-order chi connectivity index (χ0) is 25.9. The topological polar surface area (TPSA) is 71.1 Å². The van der Waals surface area contributed by atoms with Crippen LogP contribution in [0.4, 0.5) is 0 Å². The molecule has 0 aromatic heterocycles. The van der Waals surface area contributed by atoms with Gasteiger partial charge in [0.05, 0.1) is 0 Å². The Hall–Kier alpha value is -2.48. The van der Waals surface area contributed by atoms with Crippen LogP contribution in [0, 0.1) is 0 Å². The number of hydrogen-bond donors (Lipinski definition) is 0. The van der Waals surface area contributed by atoms with Crippen LogP contribution >= 0.6 is 0 Å². The first-order valence-corrected chi connectivity index (χ1v) is 14.2. The fourth-order valence-corrected chi connectivity index (χ4v) is 8.98. The van der Waals surface area contributed by atoms with Crippen LogP contribution in [-0.2, 0) is 28.2 Å². The Kier molecular flexibility index (Phi) is 11.1. The van der Waals surface area contributed by atoms with Gasteiger partial charge in [-0.25, -0.2) is 0 Å². The van der Waals surface area contributed by atoms with E-state index < -0.39 is 26.5 Å². The maximum absolute atomic E-state index is 11.5. The van der Waals surface area contributed by atoms with Gasteiger partial charge in [-0.05, 0) is 28.3 Å². The van der Waals surface area contributed by atoms with E-state index >= 15 is 0 Å². The van der Waals surface area contributed by atoms with Gasteiger partial charge in [0, 0.05) is 27.1 Å². The van der Waals surface area contributed by atoms with Crippen LogP contribution in [-0.4, -0.2) is 52.3 Å². The molecule has 0 aliphatic carbocycles. The first-order valence-electron chi connectivity index (χ1n) is 12.3. The van der Waals surface area contributed by atoms with Gasteiger partial charge in [0.25, 0.3) is 8.32 Å². The smallest absolute Gasteiger partial charge is 0.302 e. The molecule has 192 valence electrons. The number of carbonyl (C=O) groups excluding carboxylic acids is 2. The Morgan fingerprint density at radius 3 is 1.80 bits per heavy atom. The largest absolute Gasteiger partial charge is 0.463 e. The highest BCUT2D eigenvalue weighted by molar-refractivity contribution is 6.99. The molecule has 0 N–H and O–H groups in total. The Morgan fingerprint density at radius 1 is 0.829 bits per heavy atom. The molecule has 0 heterocycles. The molecule has 6 nitrogen and oxygen atoms in total. The molecule has 2 aromatic rings. The maximum Gasteiger partial charge on any atom is 0.302 e. The molecule has 0 bridgehead atoms. The fourth-order valence-electron chi connectivity index (χ4n) is 4.38. The van der Waals surface area contributed by atoms with Gasteiger partial charge in [0.1, 0.15) is 18.8 Å². The van der Waals surface area contributed by atoms with E-state index in [1.807, 2.05) is 19.1 Å². The summed E-state index contributed by atoms with van der Waals surface area (Å²) in [5.74, 6) is -0.783. The molecule has 0 aliphatic heterocycles. The molecule has 0 aliphatic rings.